The van der Waals surface area contributed by atoms with Crippen LogP contribution in [-0.2, 0) is 0 Å². The molecule has 0 spiro atoms. The molecule has 0 aliphatic carbocycles. The summed E-state index contributed by atoms with van der Waals surface area (Å²) < 4.78 is 17.5. The molecule has 0 aliphatic rings. The maximum absolute atomic E-state index is 13.6. The lowest BCUT2D eigenvalue weighted by atomic mass is 10.1. The average Bonchev–Trinajstić information content (AvgIpc) is 2.71. The number of hydrogen-bond acceptors (Lipinski definition) is 3. The summed E-state index contributed by atoms with van der Waals surface area (Å²) >= 11 is 6.43. The zero-order valence-electron chi connectivity index (χ0n) is 7.78. The highest BCUT2D eigenvalue weighted by molar-refractivity contribution is 7.08. The lowest BCUT2D eigenvalue weighted by Gasteiger charge is -1.99. The van der Waals surface area contributed by atoms with Crippen LogP contribution in [0.15, 0.2) is 24.3 Å². The summed E-state index contributed by atoms with van der Waals surface area (Å²) in [5.41, 5.74) is 0.485. The quantitative estimate of drug-likeness (QED) is 0.898. The van der Waals surface area contributed by atoms with Gasteiger partial charge in [0.05, 0.1) is 10.7 Å². The largest absolute Gasteiger partial charge is 0.477 e. The van der Waals surface area contributed by atoms with E-state index in [2.05, 4.69) is 4.37 Å². The maximum Gasteiger partial charge on any atom is 0.347 e. The Labute approximate surface area is 99.3 Å². The molecule has 2 aromatic rings. The molecule has 0 saturated carbocycles. The molecule has 1 heterocycles. The van der Waals surface area contributed by atoms with Gasteiger partial charge in [-0.25, -0.2) is 9.18 Å². The van der Waals surface area contributed by atoms with E-state index in [1.165, 1.54) is 18.2 Å². The first-order chi connectivity index (χ1) is 7.59. The summed E-state index contributed by atoms with van der Waals surface area (Å²) in [5.74, 6) is -1.67. The van der Waals surface area contributed by atoms with E-state index in [4.69, 9.17) is 16.7 Å². The fourth-order valence-electron chi connectivity index (χ4n) is 1.20. The van der Waals surface area contributed by atoms with E-state index in [1.807, 2.05) is 0 Å². The summed E-state index contributed by atoms with van der Waals surface area (Å²) in [6.07, 6.45) is 0. The van der Waals surface area contributed by atoms with Gasteiger partial charge in [-0.2, -0.15) is 4.37 Å². The normalized spacial score (nSPS) is 10.4. The topological polar surface area (TPSA) is 50.2 Å². The van der Waals surface area contributed by atoms with E-state index in [0.717, 1.165) is 11.5 Å². The number of halogens is 2. The van der Waals surface area contributed by atoms with Crippen LogP contribution in [-0.4, -0.2) is 15.4 Å². The molecule has 0 radical (unpaired) electrons. The number of nitrogens with zero attached hydrogens (tertiary/aromatic N) is 1. The van der Waals surface area contributed by atoms with Crippen LogP contribution in [0.1, 0.15) is 9.67 Å². The van der Waals surface area contributed by atoms with Crippen LogP contribution in [0.2, 0.25) is 5.02 Å². The fourth-order valence-corrected chi connectivity index (χ4v) is 1.97. The summed E-state index contributed by atoms with van der Waals surface area (Å²) in [4.78, 5) is 10.7. The van der Waals surface area contributed by atoms with E-state index >= 15 is 0 Å². The maximum atomic E-state index is 13.6. The van der Waals surface area contributed by atoms with Gasteiger partial charge in [-0.05, 0) is 29.7 Å². The van der Waals surface area contributed by atoms with Crippen molar-refractivity contribution in [2.45, 2.75) is 0 Å². The van der Waals surface area contributed by atoms with Crippen molar-refractivity contribution >= 4 is 29.1 Å². The molecule has 0 atom stereocenters. The van der Waals surface area contributed by atoms with Crippen molar-refractivity contribution in [2.75, 3.05) is 0 Å². The van der Waals surface area contributed by atoms with Crippen LogP contribution in [0.25, 0.3) is 11.3 Å². The molecular formula is C10H5ClFNO2S. The monoisotopic (exact) mass is 257 g/mol. The molecule has 0 bridgehead atoms. The second kappa shape index (κ2) is 4.19. The third-order valence-electron chi connectivity index (χ3n) is 1.95. The number of carboxylic acid groups (broad SMARTS) is 1. The van der Waals surface area contributed by atoms with Crippen molar-refractivity contribution in [1.82, 2.24) is 4.37 Å². The lowest BCUT2D eigenvalue weighted by Crippen LogP contribution is -1.90. The number of rotatable bonds is 2. The van der Waals surface area contributed by atoms with Crippen LogP contribution in [0.4, 0.5) is 4.39 Å². The molecule has 82 valence electrons. The Balaban J connectivity index is 2.50. The Bertz CT molecular complexity index is 556. The molecule has 6 heteroatoms. The SMILES string of the molecule is O=C(O)c1cc(-c2cccc(Cl)c2F)ns1. The highest BCUT2D eigenvalue weighted by Gasteiger charge is 2.14. The van der Waals surface area contributed by atoms with Crippen molar-refractivity contribution in [3.05, 3.63) is 40.0 Å². The second-order valence-electron chi connectivity index (χ2n) is 2.98. The number of carbonyl (C=O) groups is 1. The first-order valence-corrected chi connectivity index (χ1v) is 5.39. The molecular weight excluding hydrogens is 253 g/mol. The van der Waals surface area contributed by atoms with Gasteiger partial charge >= 0.3 is 5.97 Å². The van der Waals surface area contributed by atoms with E-state index < -0.39 is 11.8 Å². The number of carboxylic acids is 1. The van der Waals surface area contributed by atoms with E-state index in [0.29, 0.717) is 0 Å². The van der Waals surface area contributed by atoms with Gasteiger partial charge in [0.25, 0.3) is 0 Å². The molecule has 1 aromatic heterocycles. The number of hydrogen-bond donors (Lipinski definition) is 1. The number of benzene rings is 1. The first kappa shape index (κ1) is 11.0. The molecule has 16 heavy (non-hydrogen) atoms. The van der Waals surface area contributed by atoms with Crippen LogP contribution >= 0.6 is 23.1 Å². The third-order valence-corrected chi connectivity index (χ3v) is 3.02. The van der Waals surface area contributed by atoms with E-state index in [1.54, 1.807) is 6.07 Å². The van der Waals surface area contributed by atoms with Gasteiger partial charge in [-0.3, -0.25) is 0 Å². The third kappa shape index (κ3) is 1.91. The Morgan fingerprint density at radius 1 is 1.50 bits per heavy atom. The predicted molar refractivity (Wildman–Crippen MR) is 59.5 cm³/mol. The van der Waals surface area contributed by atoms with E-state index in [-0.39, 0.29) is 21.2 Å². The molecule has 2 rings (SSSR count). The summed E-state index contributed by atoms with van der Waals surface area (Å²) in [6, 6.07) is 5.83. The highest BCUT2D eigenvalue weighted by atomic mass is 35.5. The standard InChI is InChI=1S/C10H5ClFNO2S/c11-6-3-1-2-5(9(6)12)7-4-8(10(14)15)16-13-7/h1-4H,(H,14,15). The minimum atomic E-state index is -1.08. The van der Waals surface area contributed by atoms with Gasteiger partial charge in [0.1, 0.15) is 4.88 Å². The molecule has 1 N–H and O–H groups in total. The summed E-state index contributed by atoms with van der Waals surface area (Å²) in [5, 5.41) is 8.71. The molecule has 3 nitrogen and oxygen atoms in total. The van der Waals surface area contributed by atoms with Crippen molar-refractivity contribution in [3.63, 3.8) is 0 Å². The molecule has 0 unspecified atom stereocenters. The van der Waals surface area contributed by atoms with Gasteiger partial charge in [-0.15, -0.1) is 0 Å². The van der Waals surface area contributed by atoms with Crippen LogP contribution in [0.5, 0.6) is 0 Å². The minimum absolute atomic E-state index is 0.0117. The summed E-state index contributed by atoms with van der Waals surface area (Å²) in [7, 11) is 0. The van der Waals surface area contributed by atoms with Gasteiger partial charge in [0.2, 0.25) is 0 Å². The number of aromatic nitrogens is 1. The van der Waals surface area contributed by atoms with Crippen molar-refractivity contribution < 1.29 is 14.3 Å². The van der Waals surface area contributed by atoms with Crippen molar-refractivity contribution in [2.24, 2.45) is 0 Å². The smallest absolute Gasteiger partial charge is 0.347 e. The van der Waals surface area contributed by atoms with Gasteiger partial charge in [-0.1, -0.05) is 17.7 Å². The van der Waals surface area contributed by atoms with Gasteiger partial charge in [0.15, 0.2) is 5.82 Å². The minimum Gasteiger partial charge on any atom is -0.477 e. The van der Waals surface area contributed by atoms with Crippen LogP contribution in [0, 0.1) is 5.82 Å². The Morgan fingerprint density at radius 2 is 2.25 bits per heavy atom. The van der Waals surface area contributed by atoms with Crippen LogP contribution < -0.4 is 0 Å². The van der Waals surface area contributed by atoms with Crippen molar-refractivity contribution in [3.8, 4) is 11.3 Å². The molecule has 0 amide bonds. The highest BCUT2D eigenvalue weighted by Crippen LogP contribution is 2.28. The second-order valence-corrected chi connectivity index (χ2v) is 4.20. The zero-order valence-corrected chi connectivity index (χ0v) is 9.35. The van der Waals surface area contributed by atoms with E-state index in [9.17, 15) is 9.18 Å². The fraction of sp³-hybridized carbons (Fsp3) is 0. The first-order valence-electron chi connectivity index (χ1n) is 4.24. The Morgan fingerprint density at radius 3 is 2.88 bits per heavy atom. The summed E-state index contributed by atoms with van der Waals surface area (Å²) in [6.45, 7) is 0. The molecule has 0 aliphatic heterocycles. The van der Waals surface area contributed by atoms with Gasteiger partial charge < -0.3 is 5.11 Å². The van der Waals surface area contributed by atoms with Gasteiger partial charge in [0, 0.05) is 5.56 Å². The molecule has 0 saturated heterocycles. The zero-order chi connectivity index (χ0) is 11.7. The molecule has 0 fully saturated rings. The molecule has 1 aromatic carbocycles. The average molecular weight is 258 g/mol. The van der Waals surface area contributed by atoms with Crippen molar-refractivity contribution in [1.29, 1.82) is 0 Å². The lowest BCUT2D eigenvalue weighted by molar-refractivity contribution is 0.0702. The predicted octanol–water partition coefficient (Wildman–Crippen LogP) is 3.30. The van der Waals surface area contributed by atoms with Crippen LogP contribution in [0.3, 0.4) is 0 Å². The number of aromatic carboxylic acids is 1. The Kier molecular flexibility index (Phi) is 2.89. The Hall–Kier alpha value is -1.46.